The van der Waals surface area contributed by atoms with Gasteiger partial charge in [-0.05, 0) is 25.1 Å². The van der Waals surface area contributed by atoms with Crippen molar-refractivity contribution in [1.82, 2.24) is 14.8 Å². The fourth-order valence-corrected chi connectivity index (χ4v) is 2.88. The van der Waals surface area contributed by atoms with Crippen molar-refractivity contribution in [1.29, 1.82) is 0 Å². The highest BCUT2D eigenvalue weighted by Gasteiger charge is 2.26. The minimum absolute atomic E-state index is 0.0435. The average Bonchev–Trinajstić information content (AvgIpc) is 3.04. The van der Waals surface area contributed by atoms with Crippen LogP contribution in [0.4, 0.5) is 4.79 Å². The van der Waals surface area contributed by atoms with Crippen molar-refractivity contribution < 1.29 is 19.1 Å². The van der Waals surface area contributed by atoms with Gasteiger partial charge in [-0.1, -0.05) is 0 Å². The van der Waals surface area contributed by atoms with Crippen LogP contribution in [0.2, 0.25) is 0 Å². The van der Waals surface area contributed by atoms with Crippen LogP contribution in [0.3, 0.4) is 0 Å². The minimum atomic E-state index is -0.318. The molecule has 1 N–H and O–H groups in total. The molecule has 0 unspecified atom stereocenters. The molecule has 0 bridgehead atoms. The molecule has 1 aliphatic rings. The first-order chi connectivity index (χ1) is 11.6. The van der Waals surface area contributed by atoms with E-state index in [1.54, 1.807) is 30.0 Å². The number of rotatable bonds is 3. The van der Waals surface area contributed by atoms with E-state index in [1.165, 1.54) is 0 Å². The third-order valence-electron chi connectivity index (χ3n) is 4.21. The molecule has 2 heterocycles. The number of fused-ring (bicyclic) bond motifs is 1. The van der Waals surface area contributed by atoms with Gasteiger partial charge in [0.2, 0.25) is 0 Å². The smallest absolute Gasteiger partial charge is 0.409 e. The molecule has 3 rings (SSSR count). The van der Waals surface area contributed by atoms with Crippen LogP contribution in [0.15, 0.2) is 24.4 Å². The largest absolute Gasteiger partial charge is 0.497 e. The number of piperazine rings is 1. The zero-order valence-electron chi connectivity index (χ0n) is 13.9. The number of carbonyl (C=O) groups excluding carboxylic acids is 2. The third-order valence-corrected chi connectivity index (χ3v) is 4.21. The van der Waals surface area contributed by atoms with E-state index in [-0.39, 0.29) is 12.0 Å². The highest BCUT2D eigenvalue weighted by Crippen LogP contribution is 2.25. The normalized spacial score (nSPS) is 14.8. The predicted molar refractivity (Wildman–Crippen MR) is 89.3 cm³/mol. The van der Waals surface area contributed by atoms with Crippen LogP contribution in [0.25, 0.3) is 10.9 Å². The lowest BCUT2D eigenvalue weighted by Crippen LogP contribution is -2.50. The number of amides is 2. The Morgan fingerprint density at radius 1 is 1.17 bits per heavy atom. The molecule has 128 valence electrons. The number of nitrogens with one attached hydrogen (secondary N) is 1. The van der Waals surface area contributed by atoms with E-state index in [0.29, 0.717) is 44.1 Å². The van der Waals surface area contributed by atoms with Gasteiger partial charge in [-0.3, -0.25) is 4.79 Å². The molecule has 0 aliphatic carbocycles. The van der Waals surface area contributed by atoms with Crippen molar-refractivity contribution in [2.45, 2.75) is 6.92 Å². The fourth-order valence-electron chi connectivity index (χ4n) is 2.88. The van der Waals surface area contributed by atoms with E-state index in [2.05, 4.69) is 4.98 Å². The fraction of sp³-hybridized carbons (Fsp3) is 0.412. The second-order valence-electron chi connectivity index (χ2n) is 5.59. The maximum atomic E-state index is 12.8. The summed E-state index contributed by atoms with van der Waals surface area (Å²) < 4.78 is 10.2. The molecule has 0 spiro atoms. The lowest BCUT2D eigenvalue weighted by atomic mass is 10.1. The molecule has 1 fully saturated rings. The van der Waals surface area contributed by atoms with E-state index in [9.17, 15) is 9.59 Å². The standard InChI is InChI=1S/C17H21N3O4/c1-3-24-17(22)20-8-6-19(7-9-20)16(21)14-11-18-15-5-4-12(23-2)10-13(14)15/h4-5,10-11,18H,3,6-9H2,1-2H3. The highest BCUT2D eigenvalue weighted by atomic mass is 16.6. The van der Waals surface area contributed by atoms with Gasteiger partial charge in [-0.15, -0.1) is 0 Å². The molecular formula is C17H21N3O4. The van der Waals surface area contributed by atoms with Crippen LogP contribution in [0.5, 0.6) is 5.75 Å². The lowest BCUT2D eigenvalue weighted by Gasteiger charge is -2.34. The van der Waals surface area contributed by atoms with E-state index < -0.39 is 0 Å². The summed E-state index contributed by atoms with van der Waals surface area (Å²) in [4.78, 5) is 31.0. The SMILES string of the molecule is CCOC(=O)N1CCN(C(=O)c2c[nH]c3ccc(OC)cc23)CC1. The molecule has 7 nitrogen and oxygen atoms in total. The minimum Gasteiger partial charge on any atom is -0.497 e. The summed E-state index contributed by atoms with van der Waals surface area (Å²) in [5.41, 5.74) is 1.51. The van der Waals surface area contributed by atoms with Crippen LogP contribution >= 0.6 is 0 Å². The number of ether oxygens (including phenoxy) is 2. The van der Waals surface area contributed by atoms with Crippen LogP contribution in [-0.2, 0) is 4.74 Å². The van der Waals surface area contributed by atoms with Crippen LogP contribution in [0, 0.1) is 0 Å². The number of methoxy groups -OCH3 is 1. The number of hydrogen-bond acceptors (Lipinski definition) is 4. The van der Waals surface area contributed by atoms with Crippen molar-refractivity contribution in [3.8, 4) is 5.75 Å². The number of aromatic amines is 1. The number of benzene rings is 1. The first-order valence-corrected chi connectivity index (χ1v) is 8.00. The van der Waals surface area contributed by atoms with Crippen molar-refractivity contribution in [2.24, 2.45) is 0 Å². The van der Waals surface area contributed by atoms with Gasteiger partial charge in [-0.25, -0.2) is 4.79 Å². The molecule has 1 aromatic carbocycles. The second-order valence-corrected chi connectivity index (χ2v) is 5.59. The Balaban J connectivity index is 1.73. The van der Waals surface area contributed by atoms with E-state index >= 15 is 0 Å². The van der Waals surface area contributed by atoms with Crippen molar-refractivity contribution in [3.63, 3.8) is 0 Å². The molecule has 2 amide bonds. The maximum absolute atomic E-state index is 12.8. The van der Waals surface area contributed by atoms with Gasteiger partial charge in [-0.2, -0.15) is 0 Å². The topological polar surface area (TPSA) is 74.9 Å². The second kappa shape index (κ2) is 6.82. The summed E-state index contributed by atoms with van der Waals surface area (Å²) in [6, 6.07) is 5.60. The Hall–Kier alpha value is -2.70. The first-order valence-electron chi connectivity index (χ1n) is 8.00. The average molecular weight is 331 g/mol. The van der Waals surface area contributed by atoms with Gasteiger partial charge in [0.1, 0.15) is 5.75 Å². The number of carbonyl (C=O) groups is 2. The van der Waals surface area contributed by atoms with Crippen molar-refractivity contribution in [2.75, 3.05) is 39.9 Å². The van der Waals surface area contributed by atoms with Gasteiger partial charge in [0.15, 0.2) is 0 Å². The number of aromatic nitrogens is 1. The van der Waals surface area contributed by atoms with Crippen molar-refractivity contribution >= 4 is 22.9 Å². The molecule has 0 atom stereocenters. The van der Waals surface area contributed by atoms with Crippen LogP contribution in [-0.4, -0.2) is 66.7 Å². The van der Waals surface area contributed by atoms with Gasteiger partial charge in [0.25, 0.3) is 5.91 Å². The Kier molecular flexibility index (Phi) is 4.59. The van der Waals surface area contributed by atoms with Gasteiger partial charge < -0.3 is 24.3 Å². The Bertz CT molecular complexity index is 747. The summed E-state index contributed by atoms with van der Waals surface area (Å²) >= 11 is 0. The van der Waals surface area contributed by atoms with E-state index in [1.807, 2.05) is 18.2 Å². The Morgan fingerprint density at radius 3 is 2.54 bits per heavy atom. The summed E-state index contributed by atoms with van der Waals surface area (Å²) in [7, 11) is 1.60. The molecule has 0 radical (unpaired) electrons. The lowest BCUT2D eigenvalue weighted by molar-refractivity contribution is 0.0572. The summed E-state index contributed by atoms with van der Waals surface area (Å²) in [5, 5.41) is 0.840. The Labute approximate surface area is 140 Å². The summed E-state index contributed by atoms with van der Waals surface area (Å²) in [5.74, 6) is 0.668. The number of nitrogens with zero attached hydrogens (tertiary/aromatic N) is 2. The van der Waals surface area contributed by atoms with Crippen LogP contribution in [0.1, 0.15) is 17.3 Å². The zero-order valence-corrected chi connectivity index (χ0v) is 13.9. The third kappa shape index (κ3) is 3.02. The summed E-state index contributed by atoms with van der Waals surface area (Å²) in [6.07, 6.45) is 1.41. The Morgan fingerprint density at radius 2 is 1.88 bits per heavy atom. The van der Waals surface area contributed by atoms with Gasteiger partial charge in [0, 0.05) is 43.3 Å². The summed E-state index contributed by atoms with van der Waals surface area (Å²) in [6.45, 7) is 4.09. The van der Waals surface area contributed by atoms with E-state index in [4.69, 9.17) is 9.47 Å². The molecule has 2 aromatic rings. The first kappa shape index (κ1) is 16.2. The molecule has 1 aliphatic heterocycles. The zero-order chi connectivity index (χ0) is 17.1. The predicted octanol–water partition coefficient (Wildman–Crippen LogP) is 2.09. The molecular weight excluding hydrogens is 310 g/mol. The molecule has 1 saturated heterocycles. The van der Waals surface area contributed by atoms with Crippen molar-refractivity contribution in [3.05, 3.63) is 30.0 Å². The maximum Gasteiger partial charge on any atom is 0.409 e. The van der Waals surface area contributed by atoms with Gasteiger partial charge in [0.05, 0.1) is 19.3 Å². The molecule has 7 heteroatoms. The molecule has 24 heavy (non-hydrogen) atoms. The van der Waals surface area contributed by atoms with E-state index in [0.717, 1.165) is 10.9 Å². The van der Waals surface area contributed by atoms with Gasteiger partial charge >= 0.3 is 6.09 Å². The monoisotopic (exact) mass is 331 g/mol. The molecule has 0 saturated carbocycles. The quantitative estimate of drug-likeness (QED) is 0.934. The molecule has 1 aromatic heterocycles. The number of H-pyrrole nitrogens is 1. The number of hydrogen-bond donors (Lipinski definition) is 1. The van der Waals surface area contributed by atoms with Crippen LogP contribution < -0.4 is 4.74 Å². The highest BCUT2D eigenvalue weighted by molar-refractivity contribution is 6.07.